The van der Waals surface area contributed by atoms with Crippen molar-refractivity contribution < 1.29 is 9.53 Å². The molecule has 0 unspecified atom stereocenters. The van der Waals surface area contributed by atoms with Gasteiger partial charge < -0.3 is 19.9 Å². The van der Waals surface area contributed by atoms with Gasteiger partial charge in [0.15, 0.2) is 5.96 Å². The molecule has 1 N–H and O–H groups in total. The fourth-order valence-electron chi connectivity index (χ4n) is 3.23. The lowest BCUT2D eigenvalue weighted by atomic mass is 9.97. The molecule has 0 amide bonds. The van der Waals surface area contributed by atoms with Crippen LogP contribution in [-0.2, 0) is 22.6 Å². The Labute approximate surface area is 180 Å². The molecule has 0 radical (unpaired) electrons. The van der Waals surface area contributed by atoms with E-state index in [-0.39, 0.29) is 35.9 Å². The number of nitrogens with zero attached hydrogens (tertiary/aromatic N) is 3. The lowest BCUT2D eigenvalue weighted by Gasteiger charge is -2.33. The van der Waals surface area contributed by atoms with Gasteiger partial charge in [-0.1, -0.05) is 24.3 Å². The minimum Gasteiger partial charge on any atom is -0.466 e. The lowest BCUT2D eigenvalue weighted by molar-refractivity contribution is -0.149. The van der Waals surface area contributed by atoms with Crippen LogP contribution in [0.25, 0.3) is 0 Å². The number of aliphatic imine (C=N–C) groups is 1. The number of piperidine rings is 1. The highest BCUT2D eigenvalue weighted by molar-refractivity contribution is 14.0. The van der Waals surface area contributed by atoms with E-state index in [0.717, 1.165) is 45.0 Å². The minimum atomic E-state index is -0.0621. The van der Waals surface area contributed by atoms with E-state index in [9.17, 15) is 4.79 Å². The van der Waals surface area contributed by atoms with E-state index in [4.69, 9.17) is 4.74 Å². The molecule has 1 aromatic carbocycles. The molecule has 0 bridgehead atoms. The van der Waals surface area contributed by atoms with Crippen LogP contribution in [0.3, 0.4) is 0 Å². The second-order valence-corrected chi connectivity index (χ2v) is 6.97. The largest absolute Gasteiger partial charge is 0.466 e. The Morgan fingerprint density at radius 1 is 1.22 bits per heavy atom. The summed E-state index contributed by atoms with van der Waals surface area (Å²) >= 11 is 0. The number of benzene rings is 1. The number of hydrogen-bond donors (Lipinski definition) is 1. The molecule has 0 saturated carbocycles. The molecular formula is C20H33IN4O2. The van der Waals surface area contributed by atoms with Crippen molar-refractivity contribution in [2.45, 2.75) is 32.9 Å². The van der Waals surface area contributed by atoms with E-state index in [1.165, 1.54) is 11.1 Å². The van der Waals surface area contributed by atoms with E-state index in [0.29, 0.717) is 6.61 Å². The molecule has 6 nitrogen and oxygen atoms in total. The first-order chi connectivity index (χ1) is 12.5. The van der Waals surface area contributed by atoms with Gasteiger partial charge in [0.25, 0.3) is 0 Å². The normalized spacial score (nSPS) is 15.4. The van der Waals surface area contributed by atoms with Crippen molar-refractivity contribution >= 4 is 35.9 Å². The first kappa shape index (κ1) is 23.7. The Kier molecular flexibility index (Phi) is 10.7. The summed E-state index contributed by atoms with van der Waals surface area (Å²) < 4.78 is 5.14. The fraction of sp³-hybridized carbons (Fsp3) is 0.600. The average molecular weight is 488 g/mol. The Balaban J connectivity index is 0.00000364. The van der Waals surface area contributed by atoms with Crippen molar-refractivity contribution in [2.75, 3.05) is 40.8 Å². The molecule has 7 heteroatoms. The summed E-state index contributed by atoms with van der Waals surface area (Å²) in [7, 11) is 5.95. The number of halogens is 1. The number of nitrogens with one attached hydrogen (secondary N) is 1. The van der Waals surface area contributed by atoms with Crippen LogP contribution in [0.2, 0.25) is 0 Å². The summed E-state index contributed by atoms with van der Waals surface area (Å²) in [4.78, 5) is 20.6. The first-order valence-electron chi connectivity index (χ1n) is 9.38. The average Bonchev–Trinajstić information content (AvgIpc) is 2.64. The molecule has 1 heterocycles. The SMILES string of the molecule is CCOC(=O)C1CCN(C(=NC)NCc2ccc(CN(C)C)cc2)CC1.I. The fourth-order valence-corrected chi connectivity index (χ4v) is 3.23. The van der Waals surface area contributed by atoms with Crippen molar-refractivity contribution in [3.05, 3.63) is 35.4 Å². The van der Waals surface area contributed by atoms with Crippen LogP contribution in [0, 0.1) is 5.92 Å². The predicted octanol–water partition coefficient (Wildman–Crippen LogP) is 2.72. The third-order valence-electron chi connectivity index (χ3n) is 4.60. The third-order valence-corrected chi connectivity index (χ3v) is 4.60. The van der Waals surface area contributed by atoms with Gasteiger partial charge in [0, 0.05) is 33.2 Å². The second-order valence-electron chi connectivity index (χ2n) is 6.97. The number of likely N-dealkylation sites (tertiary alicyclic amines) is 1. The summed E-state index contributed by atoms with van der Waals surface area (Å²) in [5.74, 6) is 0.853. The topological polar surface area (TPSA) is 57.2 Å². The van der Waals surface area contributed by atoms with Crippen molar-refractivity contribution in [1.82, 2.24) is 15.1 Å². The lowest BCUT2D eigenvalue weighted by Crippen LogP contribution is -2.46. The highest BCUT2D eigenvalue weighted by Gasteiger charge is 2.27. The number of rotatable bonds is 6. The number of esters is 1. The molecule has 1 aliphatic heterocycles. The zero-order valence-electron chi connectivity index (χ0n) is 16.9. The summed E-state index contributed by atoms with van der Waals surface area (Å²) in [5.41, 5.74) is 2.54. The van der Waals surface area contributed by atoms with Crippen LogP contribution in [0.4, 0.5) is 0 Å². The molecule has 27 heavy (non-hydrogen) atoms. The number of hydrogen-bond acceptors (Lipinski definition) is 4. The Morgan fingerprint density at radius 2 is 1.81 bits per heavy atom. The molecule has 1 aliphatic rings. The highest BCUT2D eigenvalue weighted by Crippen LogP contribution is 2.18. The van der Waals surface area contributed by atoms with Crippen molar-refractivity contribution in [3.8, 4) is 0 Å². The molecule has 0 aromatic heterocycles. The van der Waals surface area contributed by atoms with Crippen LogP contribution in [-0.4, -0.2) is 62.6 Å². The molecule has 1 aromatic rings. The minimum absolute atomic E-state index is 0. The molecule has 0 atom stereocenters. The summed E-state index contributed by atoms with van der Waals surface area (Å²) in [6.07, 6.45) is 1.64. The molecule has 1 fully saturated rings. The molecule has 0 spiro atoms. The number of carbonyl (C=O) groups excluding carboxylic acids is 1. The van der Waals surface area contributed by atoms with Crippen LogP contribution in [0.1, 0.15) is 30.9 Å². The van der Waals surface area contributed by atoms with Crippen molar-refractivity contribution in [2.24, 2.45) is 10.9 Å². The van der Waals surface area contributed by atoms with Gasteiger partial charge in [-0.05, 0) is 45.0 Å². The molecule has 152 valence electrons. The predicted molar refractivity (Wildman–Crippen MR) is 120 cm³/mol. The van der Waals surface area contributed by atoms with Gasteiger partial charge in [-0.15, -0.1) is 24.0 Å². The molecular weight excluding hydrogens is 455 g/mol. The van der Waals surface area contributed by atoms with Gasteiger partial charge >= 0.3 is 5.97 Å². The summed E-state index contributed by atoms with van der Waals surface area (Å²) in [5, 5.41) is 3.43. The maximum absolute atomic E-state index is 11.9. The van der Waals surface area contributed by atoms with Crippen LogP contribution >= 0.6 is 24.0 Å². The summed E-state index contributed by atoms with van der Waals surface area (Å²) in [6, 6.07) is 8.66. The first-order valence-corrected chi connectivity index (χ1v) is 9.38. The standard InChI is InChI=1S/C20H32N4O2.HI/c1-5-26-19(25)18-10-12-24(13-11-18)20(21-2)22-14-16-6-8-17(9-7-16)15-23(3)4;/h6-9,18H,5,10-15H2,1-4H3,(H,21,22);1H. The van der Waals surface area contributed by atoms with Gasteiger partial charge in [-0.3, -0.25) is 9.79 Å². The van der Waals surface area contributed by atoms with E-state index >= 15 is 0 Å². The number of guanidine groups is 1. The monoisotopic (exact) mass is 488 g/mol. The van der Waals surface area contributed by atoms with E-state index < -0.39 is 0 Å². The second kappa shape index (κ2) is 12.2. The maximum atomic E-state index is 11.9. The Bertz CT molecular complexity index is 597. The van der Waals surface area contributed by atoms with Gasteiger partial charge in [-0.25, -0.2) is 0 Å². The zero-order chi connectivity index (χ0) is 18.9. The van der Waals surface area contributed by atoms with E-state index in [2.05, 4.69) is 58.5 Å². The van der Waals surface area contributed by atoms with Crippen LogP contribution < -0.4 is 5.32 Å². The van der Waals surface area contributed by atoms with Crippen LogP contribution in [0.5, 0.6) is 0 Å². The Hall–Kier alpha value is -1.35. The quantitative estimate of drug-likeness (QED) is 0.289. The van der Waals surface area contributed by atoms with Crippen molar-refractivity contribution in [1.29, 1.82) is 0 Å². The smallest absolute Gasteiger partial charge is 0.309 e. The molecule has 1 saturated heterocycles. The van der Waals surface area contributed by atoms with Gasteiger partial charge in [0.2, 0.25) is 0 Å². The van der Waals surface area contributed by atoms with Gasteiger partial charge in [0.05, 0.1) is 12.5 Å². The summed E-state index contributed by atoms with van der Waals surface area (Å²) in [6.45, 7) is 5.65. The van der Waals surface area contributed by atoms with Gasteiger partial charge in [-0.2, -0.15) is 0 Å². The maximum Gasteiger partial charge on any atom is 0.309 e. The van der Waals surface area contributed by atoms with Crippen LogP contribution in [0.15, 0.2) is 29.3 Å². The number of ether oxygens (including phenoxy) is 1. The molecule has 0 aliphatic carbocycles. The van der Waals surface area contributed by atoms with Crippen molar-refractivity contribution in [3.63, 3.8) is 0 Å². The molecule has 2 rings (SSSR count). The number of carbonyl (C=O) groups is 1. The highest BCUT2D eigenvalue weighted by atomic mass is 127. The van der Waals surface area contributed by atoms with E-state index in [1.54, 1.807) is 7.05 Å². The third kappa shape index (κ3) is 7.65. The zero-order valence-corrected chi connectivity index (χ0v) is 19.2. The van der Waals surface area contributed by atoms with E-state index in [1.807, 2.05) is 6.92 Å². The Morgan fingerprint density at radius 3 is 2.33 bits per heavy atom. The van der Waals surface area contributed by atoms with Gasteiger partial charge in [0.1, 0.15) is 0 Å².